The molecule has 0 bridgehead atoms. The number of nitrogens with zero attached hydrogens (tertiary/aromatic N) is 1. The third-order valence-corrected chi connectivity index (χ3v) is 4.60. The summed E-state index contributed by atoms with van der Waals surface area (Å²) in [6.45, 7) is 4.12. The van der Waals surface area contributed by atoms with Gasteiger partial charge in [-0.05, 0) is 43.1 Å². The quantitative estimate of drug-likeness (QED) is 0.867. The number of hydrogen-bond acceptors (Lipinski definition) is 2. The summed E-state index contributed by atoms with van der Waals surface area (Å²) in [6, 6.07) is 7.38. The van der Waals surface area contributed by atoms with Gasteiger partial charge in [0.2, 0.25) is 0 Å². The van der Waals surface area contributed by atoms with Crippen LogP contribution in [-0.4, -0.2) is 19.6 Å². The molecule has 1 aliphatic rings. The molecule has 2 nitrogen and oxygen atoms in total. The maximum absolute atomic E-state index is 3.59. The lowest BCUT2D eigenvalue weighted by Crippen LogP contribution is -2.34. The molecule has 2 rings (SSSR count). The van der Waals surface area contributed by atoms with E-state index in [0.29, 0.717) is 0 Å². The van der Waals surface area contributed by atoms with E-state index in [1.54, 1.807) is 0 Å². The smallest absolute Gasteiger partial charge is 0.0412 e. The zero-order valence-corrected chi connectivity index (χ0v) is 13.7. The molecule has 1 fully saturated rings. The Kier molecular flexibility index (Phi) is 5.71. The van der Waals surface area contributed by atoms with E-state index in [9.17, 15) is 0 Å². The topological polar surface area (TPSA) is 15.3 Å². The lowest BCUT2D eigenvalue weighted by molar-refractivity contribution is 0.427. The van der Waals surface area contributed by atoms with Crippen LogP contribution < -0.4 is 10.2 Å². The van der Waals surface area contributed by atoms with Crippen molar-refractivity contribution >= 4 is 21.6 Å². The lowest BCUT2D eigenvalue weighted by atomic mass is 9.94. The van der Waals surface area contributed by atoms with E-state index in [2.05, 4.69) is 58.3 Å². The van der Waals surface area contributed by atoms with Crippen molar-refractivity contribution < 1.29 is 0 Å². The molecule has 1 aliphatic carbocycles. The second kappa shape index (κ2) is 7.30. The molecule has 1 N–H and O–H groups in total. The number of nitrogens with one attached hydrogen (secondary N) is 1. The van der Waals surface area contributed by atoms with E-state index in [-0.39, 0.29) is 0 Å². The van der Waals surface area contributed by atoms with E-state index in [1.165, 1.54) is 47.8 Å². The number of halogens is 1. The van der Waals surface area contributed by atoms with Crippen LogP contribution in [-0.2, 0) is 6.54 Å². The van der Waals surface area contributed by atoms with Crippen molar-refractivity contribution in [1.29, 1.82) is 0 Å². The van der Waals surface area contributed by atoms with Crippen LogP contribution in [0.2, 0.25) is 0 Å². The van der Waals surface area contributed by atoms with Gasteiger partial charge in [-0.3, -0.25) is 0 Å². The van der Waals surface area contributed by atoms with Gasteiger partial charge in [0.05, 0.1) is 0 Å². The van der Waals surface area contributed by atoms with Crippen LogP contribution in [0.4, 0.5) is 5.69 Å². The second-order valence-corrected chi connectivity index (χ2v) is 6.37. The van der Waals surface area contributed by atoms with Crippen molar-refractivity contribution in [3.63, 3.8) is 0 Å². The Bertz CT molecular complexity index is 400. The minimum Gasteiger partial charge on any atom is -0.371 e. The van der Waals surface area contributed by atoms with Crippen molar-refractivity contribution in [3.05, 3.63) is 28.2 Å². The summed E-state index contributed by atoms with van der Waals surface area (Å²) in [4.78, 5) is 2.50. The van der Waals surface area contributed by atoms with Crippen LogP contribution in [0.1, 0.15) is 44.6 Å². The van der Waals surface area contributed by atoms with Crippen molar-refractivity contribution in [2.24, 2.45) is 0 Å². The van der Waals surface area contributed by atoms with Crippen molar-refractivity contribution in [3.8, 4) is 0 Å². The van der Waals surface area contributed by atoms with E-state index in [4.69, 9.17) is 0 Å². The first kappa shape index (κ1) is 14.9. The first-order valence-corrected chi connectivity index (χ1v) is 8.23. The average molecular weight is 325 g/mol. The monoisotopic (exact) mass is 324 g/mol. The fourth-order valence-electron chi connectivity index (χ4n) is 2.96. The summed E-state index contributed by atoms with van der Waals surface area (Å²) in [5.41, 5.74) is 2.78. The van der Waals surface area contributed by atoms with Gasteiger partial charge in [0, 0.05) is 29.8 Å². The second-order valence-electron chi connectivity index (χ2n) is 5.46. The fourth-order valence-corrected chi connectivity index (χ4v) is 3.37. The molecule has 1 aromatic rings. The van der Waals surface area contributed by atoms with Gasteiger partial charge in [-0.25, -0.2) is 0 Å². The fraction of sp³-hybridized carbons (Fsp3) is 0.625. The standard InChI is InChI=1S/C16H25BrN2/c1-3-18-12-13-11-14(17)9-10-16(13)19(2)15-7-5-4-6-8-15/h9-11,15,18H,3-8,12H2,1-2H3. The Labute approximate surface area is 125 Å². The molecule has 106 valence electrons. The summed E-state index contributed by atoms with van der Waals surface area (Å²) in [7, 11) is 2.26. The Morgan fingerprint density at radius 2 is 2.00 bits per heavy atom. The largest absolute Gasteiger partial charge is 0.371 e. The third kappa shape index (κ3) is 3.96. The maximum atomic E-state index is 3.59. The summed E-state index contributed by atoms with van der Waals surface area (Å²) < 4.78 is 1.17. The minimum absolute atomic E-state index is 0.718. The molecule has 3 heteroatoms. The summed E-state index contributed by atoms with van der Waals surface area (Å²) >= 11 is 3.59. The van der Waals surface area contributed by atoms with Gasteiger partial charge in [-0.1, -0.05) is 42.1 Å². The average Bonchev–Trinajstić information content (AvgIpc) is 2.45. The number of hydrogen-bond donors (Lipinski definition) is 1. The van der Waals surface area contributed by atoms with Gasteiger partial charge in [-0.2, -0.15) is 0 Å². The van der Waals surface area contributed by atoms with Gasteiger partial charge in [0.1, 0.15) is 0 Å². The van der Waals surface area contributed by atoms with Gasteiger partial charge >= 0.3 is 0 Å². The Balaban J connectivity index is 2.16. The molecule has 19 heavy (non-hydrogen) atoms. The normalized spacial score (nSPS) is 16.6. The van der Waals surface area contributed by atoms with Gasteiger partial charge in [0.25, 0.3) is 0 Å². The highest BCUT2D eigenvalue weighted by Gasteiger charge is 2.20. The molecular formula is C16H25BrN2. The molecule has 0 atom stereocenters. The first-order chi connectivity index (χ1) is 9.22. The predicted octanol–water partition coefficient (Wildman–Crippen LogP) is 4.33. The van der Waals surface area contributed by atoms with E-state index >= 15 is 0 Å². The van der Waals surface area contributed by atoms with Gasteiger partial charge < -0.3 is 10.2 Å². The maximum Gasteiger partial charge on any atom is 0.0412 e. The molecule has 0 radical (unpaired) electrons. The molecule has 0 aliphatic heterocycles. The summed E-state index contributed by atoms with van der Waals surface area (Å²) in [6.07, 6.45) is 6.86. The van der Waals surface area contributed by atoms with E-state index in [1.807, 2.05) is 0 Å². The summed E-state index contributed by atoms with van der Waals surface area (Å²) in [5, 5.41) is 3.44. The third-order valence-electron chi connectivity index (χ3n) is 4.11. The molecule has 0 aromatic heterocycles. The molecule has 1 saturated carbocycles. The molecule has 1 aromatic carbocycles. The zero-order valence-electron chi connectivity index (χ0n) is 12.1. The Morgan fingerprint density at radius 1 is 1.26 bits per heavy atom. The highest BCUT2D eigenvalue weighted by molar-refractivity contribution is 9.10. The molecular weight excluding hydrogens is 300 g/mol. The van der Waals surface area contributed by atoms with Gasteiger partial charge in [0.15, 0.2) is 0 Å². The molecule has 0 unspecified atom stereocenters. The SMILES string of the molecule is CCNCc1cc(Br)ccc1N(C)C1CCCCC1. The minimum atomic E-state index is 0.718. The Hall–Kier alpha value is -0.540. The highest BCUT2D eigenvalue weighted by Crippen LogP contribution is 2.30. The molecule has 0 heterocycles. The Morgan fingerprint density at radius 3 is 2.68 bits per heavy atom. The molecule has 0 amide bonds. The molecule has 0 saturated heterocycles. The molecule has 0 spiro atoms. The predicted molar refractivity (Wildman–Crippen MR) is 86.8 cm³/mol. The zero-order chi connectivity index (χ0) is 13.7. The number of anilines is 1. The first-order valence-electron chi connectivity index (χ1n) is 7.44. The van der Waals surface area contributed by atoms with E-state index < -0.39 is 0 Å². The van der Waals surface area contributed by atoms with Crippen LogP contribution in [0, 0.1) is 0 Å². The van der Waals surface area contributed by atoms with Gasteiger partial charge in [-0.15, -0.1) is 0 Å². The van der Waals surface area contributed by atoms with Crippen molar-refractivity contribution in [2.75, 3.05) is 18.5 Å². The number of benzene rings is 1. The van der Waals surface area contributed by atoms with Crippen molar-refractivity contribution in [1.82, 2.24) is 5.32 Å². The van der Waals surface area contributed by atoms with Crippen molar-refractivity contribution in [2.45, 2.75) is 51.6 Å². The van der Waals surface area contributed by atoms with Crippen LogP contribution in [0.25, 0.3) is 0 Å². The van der Waals surface area contributed by atoms with E-state index in [0.717, 1.165) is 19.1 Å². The highest BCUT2D eigenvalue weighted by atomic mass is 79.9. The lowest BCUT2D eigenvalue weighted by Gasteiger charge is -2.34. The number of rotatable bonds is 5. The van der Waals surface area contributed by atoms with Crippen LogP contribution in [0.3, 0.4) is 0 Å². The van der Waals surface area contributed by atoms with Crippen LogP contribution in [0.15, 0.2) is 22.7 Å². The van der Waals surface area contributed by atoms with Crippen LogP contribution >= 0.6 is 15.9 Å². The van der Waals surface area contributed by atoms with Crippen LogP contribution in [0.5, 0.6) is 0 Å². The summed E-state index contributed by atoms with van der Waals surface area (Å²) in [5.74, 6) is 0.